The van der Waals surface area contributed by atoms with E-state index < -0.39 is 18.3 Å². The van der Waals surface area contributed by atoms with Crippen molar-refractivity contribution in [2.24, 2.45) is 23.7 Å². The molecule has 8 rings (SSSR count). The molecule has 3 unspecified atom stereocenters. The fourth-order valence-corrected chi connectivity index (χ4v) is 13.1. The molecule has 1 aromatic heterocycles. The number of hydrogen-bond donors (Lipinski definition) is 0. The van der Waals surface area contributed by atoms with Crippen LogP contribution in [-0.2, 0) is 47.5 Å². The predicted octanol–water partition coefficient (Wildman–Crippen LogP) is 7.69. The van der Waals surface area contributed by atoms with Gasteiger partial charge in [-0.25, -0.2) is 4.98 Å². The first-order valence-electron chi connectivity index (χ1n) is 22.8. The van der Waals surface area contributed by atoms with E-state index in [0.717, 1.165) is 66.8 Å². The zero-order valence-corrected chi connectivity index (χ0v) is 38.3. The number of esters is 1. The fourth-order valence-electron chi connectivity index (χ4n) is 11.8. The zero-order valence-electron chi connectivity index (χ0n) is 37.5. The minimum Gasteiger partial charge on any atom is -0.462 e. The molecule has 0 radical (unpaired) electrons. The summed E-state index contributed by atoms with van der Waals surface area (Å²) >= 11 is 1.74. The van der Waals surface area contributed by atoms with E-state index in [0.29, 0.717) is 12.5 Å². The summed E-state index contributed by atoms with van der Waals surface area (Å²) in [5.41, 5.74) is 2.78. The average molecular weight is 865 g/mol. The van der Waals surface area contributed by atoms with Crippen LogP contribution in [0.3, 0.4) is 0 Å². The molecule has 3 saturated heterocycles. The van der Waals surface area contributed by atoms with Crippen molar-refractivity contribution in [3.8, 4) is 10.6 Å². The summed E-state index contributed by atoms with van der Waals surface area (Å²) in [5.74, 6) is -0.878. The van der Waals surface area contributed by atoms with Gasteiger partial charge in [0.25, 0.3) is 0 Å². The number of nitrogens with zero attached hydrogens (tertiary/aromatic N) is 2. The molecule has 12 nitrogen and oxygen atoms in total. The SMILES string of the molecule is CC[C@H]1CCC[C@H](O[C@H]2CC[C@H](N(C)C)C(C)O2)[C@@H](C)C(=O)C2=C[C@H]3[C@@H]4C[C@H](O[C@@H]5OC(C)[C@H](OC)C(OC)[C@@H]5OC)C[C@H]4c4sc(-c5ccccc5)nc4[C@H]3[C@@H]2CC(=O)O1. The second-order valence-electron chi connectivity index (χ2n) is 18.6. The first kappa shape index (κ1) is 45.0. The van der Waals surface area contributed by atoms with Crippen molar-refractivity contribution in [2.45, 2.75) is 165 Å². The van der Waals surface area contributed by atoms with Gasteiger partial charge in [0.05, 0.1) is 36.5 Å². The van der Waals surface area contributed by atoms with Crippen LogP contribution in [0.15, 0.2) is 42.0 Å². The Morgan fingerprint density at radius 1 is 0.852 bits per heavy atom. The second-order valence-corrected chi connectivity index (χ2v) is 19.7. The molecule has 3 aliphatic heterocycles. The number of aromatic nitrogens is 1. The lowest BCUT2D eigenvalue weighted by Gasteiger charge is -2.44. The van der Waals surface area contributed by atoms with Crippen LogP contribution >= 0.6 is 11.3 Å². The lowest BCUT2D eigenvalue weighted by atomic mass is 9.67. The number of benzene rings is 1. The highest BCUT2D eigenvalue weighted by atomic mass is 32.1. The number of Topliss-reactive ketones (excluding diaryl/α,β-unsaturated/α-hetero) is 1. The van der Waals surface area contributed by atoms with Gasteiger partial charge in [-0.05, 0) is 96.7 Å². The molecule has 4 fully saturated rings. The van der Waals surface area contributed by atoms with Crippen LogP contribution in [0, 0.1) is 23.7 Å². The van der Waals surface area contributed by atoms with E-state index in [9.17, 15) is 4.79 Å². The molecule has 0 N–H and O–H groups in total. The Balaban J connectivity index is 1.13. The number of ketones is 1. The fraction of sp³-hybridized carbons (Fsp3) is 0.729. The Morgan fingerprint density at radius 2 is 1.61 bits per heavy atom. The number of hydrogen-bond acceptors (Lipinski definition) is 13. The van der Waals surface area contributed by atoms with Gasteiger partial charge < -0.3 is 42.8 Å². The Hall–Kier alpha value is -2.59. The number of allylic oxidation sites excluding steroid dienone is 2. The summed E-state index contributed by atoms with van der Waals surface area (Å²) in [7, 11) is 9.17. The van der Waals surface area contributed by atoms with Crippen molar-refractivity contribution in [1.29, 1.82) is 0 Å². The monoisotopic (exact) mass is 864 g/mol. The molecule has 0 spiro atoms. The molecule has 2 aromatic rings. The lowest BCUT2D eigenvalue weighted by Crippen LogP contribution is -2.59. The van der Waals surface area contributed by atoms with Crippen LogP contribution < -0.4 is 0 Å². The zero-order chi connectivity index (χ0) is 43.1. The van der Waals surface area contributed by atoms with Crippen molar-refractivity contribution in [3.05, 3.63) is 52.6 Å². The summed E-state index contributed by atoms with van der Waals surface area (Å²) in [6.45, 7) is 8.18. The van der Waals surface area contributed by atoms with Gasteiger partial charge in [-0.3, -0.25) is 9.59 Å². The third kappa shape index (κ3) is 8.94. The number of fused-ring (bicyclic) bond motifs is 8. The van der Waals surface area contributed by atoms with E-state index in [2.05, 4.69) is 51.1 Å². The first-order valence-corrected chi connectivity index (χ1v) is 23.6. The second kappa shape index (κ2) is 19.3. The molecular formula is C48H68N2O10S. The van der Waals surface area contributed by atoms with E-state index in [1.807, 2.05) is 32.0 Å². The van der Waals surface area contributed by atoms with Crippen molar-refractivity contribution >= 4 is 23.1 Å². The maximum atomic E-state index is 15.2. The van der Waals surface area contributed by atoms with Gasteiger partial charge in [0.1, 0.15) is 29.4 Å². The Labute approximate surface area is 366 Å². The van der Waals surface area contributed by atoms with Crippen LogP contribution in [0.5, 0.6) is 0 Å². The number of likely N-dealkylation sites (N-methyl/N-ethyl adjacent to an activating group) is 1. The average Bonchev–Trinajstić information content (AvgIpc) is 3.98. The number of methoxy groups -OCH3 is 3. The quantitative estimate of drug-likeness (QED) is 0.218. The van der Waals surface area contributed by atoms with Gasteiger partial charge >= 0.3 is 5.97 Å². The lowest BCUT2D eigenvalue weighted by molar-refractivity contribution is -0.314. The van der Waals surface area contributed by atoms with Crippen molar-refractivity contribution in [1.82, 2.24) is 9.88 Å². The Morgan fingerprint density at radius 3 is 2.30 bits per heavy atom. The molecule has 4 heterocycles. The number of carbonyl (C=O) groups is 2. The Bertz CT molecular complexity index is 1860. The van der Waals surface area contributed by atoms with Gasteiger partial charge in [0, 0.05) is 61.5 Å². The summed E-state index contributed by atoms with van der Waals surface area (Å²) in [6.07, 6.45) is 5.40. The first-order chi connectivity index (χ1) is 29.4. The van der Waals surface area contributed by atoms with E-state index in [4.69, 9.17) is 42.9 Å². The number of carbonyl (C=O) groups excluding carboxylic acids is 2. The minimum absolute atomic E-state index is 0.0114. The van der Waals surface area contributed by atoms with E-state index >= 15 is 4.79 Å². The van der Waals surface area contributed by atoms with E-state index in [1.165, 1.54) is 4.88 Å². The normalized spacial score (nSPS) is 40.6. The van der Waals surface area contributed by atoms with E-state index in [1.54, 1.807) is 32.7 Å². The van der Waals surface area contributed by atoms with Crippen LogP contribution in [0.4, 0.5) is 0 Å². The number of cyclic esters (lactones) is 1. The van der Waals surface area contributed by atoms with Crippen molar-refractivity contribution in [2.75, 3.05) is 35.4 Å². The summed E-state index contributed by atoms with van der Waals surface area (Å²) < 4.78 is 50.6. The molecule has 61 heavy (non-hydrogen) atoms. The van der Waals surface area contributed by atoms with Crippen molar-refractivity contribution in [3.63, 3.8) is 0 Å². The van der Waals surface area contributed by atoms with Crippen LogP contribution in [-0.4, -0.2) is 125 Å². The summed E-state index contributed by atoms with van der Waals surface area (Å²) in [4.78, 5) is 38.1. The molecule has 17 atom stereocenters. The number of ether oxygens (including phenoxy) is 8. The predicted molar refractivity (Wildman–Crippen MR) is 231 cm³/mol. The summed E-state index contributed by atoms with van der Waals surface area (Å²) in [6, 6.07) is 10.6. The van der Waals surface area contributed by atoms with Crippen LogP contribution in [0.25, 0.3) is 10.6 Å². The molecule has 6 aliphatic rings. The molecule has 0 bridgehead atoms. The molecule has 3 aliphatic carbocycles. The molecule has 1 aromatic carbocycles. The molecule has 0 amide bonds. The van der Waals surface area contributed by atoms with E-state index in [-0.39, 0.29) is 96.8 Å². The highest BCUT2D eigenvalue weighted by Gasteiger charge is 2.57. The largest absolute Gasteiger partial charge is 0.462 e. The number of thiazole rings is 1. The molecule has 336 valence electrons. The number of rotatable bonds is 10. The van der Waals surface area contributed by atoms with Gasteiger partial charge in [-0.1, -0.05) is 50.3 Å². The highest BCUT2D eigenvalue weighted by Crippen LogP contribution is 2.63. The molecular weight excluding hydrogens is 797 g/mol. The van der Waals surface area contributed by atoms with Gasteiger partial charge in [-0.2, -0.15) is 0 Å². The van der Waals surface area contributed by atoms with Gasteiger partial charge in [0.15, 0.2) is 18.4 Å². The molecule has 13 heteroatoms. The topological polar surface area (TPSA) is 124 Å². The Kier molecular flexibility index (Phi) is 14.2. The van der Waals surface area contributed by atoms with Gasteiger partial charge in [-0.15, -0.1) is 11.3 Å². The third-order valence-corrected chi connectivity index (χ3v) is 16.2. The minimum atomic E-state index is -0.652. The van der Waals surface area contributed by atoms with Crippen LogP contribution in [0.1, 0.15) is 108 Å². The standard InChI is InChI=1S/C48H68N2O10S/c1-10-29-17-14-18-37(60-39-20-19-36(50(5)6)26(3)56-39)25(2)42(52)34-23-32-31-21-30(59-48-45(55-9)44(54-8)43(53-7)27(4)57-48)22-35(31)46-41(40(32)33(34)24-38(51)58-29)49-47(61-46)28-15-12-11-13-16-28/h11-13,15-16,23,25-27,29-33,35-37,39-40,43-45,48H,10,14,17-22,24H2,1-9H3/t25-,26?,27?,29+,30+,31+,32+,33-,35-,36+,37+,39+,40-,43+,44?,45+,48+/m1/s1. The molecule has 1 saturated carbocycles. The van der Waals surface area contributed by atoms with Gasteiger partial charge in [0.2, 0.25) is 0 Å². The smallest absolute Gasteiger partial charge is 0.306 e. The van der Waals surface area contributed by atoms with Crippen LogP contribution in [0.2, 0.25) is 0 Å². The third-order valence-electron chi connectivity index (χ3n) is 14.9. The summed E-state index contributed by atoms with van der Waals surface area (Å²) in [5, 5.41) is 0.952. The maximum Gasteiger partial charge on any atom is 0.306 e. The van der Waals surface area contributed by atoms with Crippen molar-refractivity contribution < 1.29 is 47.5 Å². The highest BCUT2D eigenvalue weighted by molar-refractivity contribution is 7.15. The maximum absolute atomic E-state index is 15.2.